The van der Waals surface area contributed by atoms with Crippen LogP contribution in [0.2, 0.25) is 0 Å². The zero-order valence-electron chi connectivity index (χ0n) is 11.1. The molecule has 19 heavy (non-hydrogen) atoms. The molecule has 2 N–H and O–H groups in total. The lowest BCUT2D eigenvalue weighted by Crippen LogP contribution is -2.04. The Morgan fingerprint density at radius 2 is 1.89 bits per heavy atom. The molecule has 0 aromatic heterocycles. The van der Waals surface area contributed by atoms with Crippen LogP contribution in [0, 0.1) is 6.92 Å². The summed E-state index contributed by atoms with van der Waals surface area (Å²) in [6.07, 6.45) is 0. The third-order valence-electron chi connectivity index (χ3n) is 3.08. The van der Waals surface area contributed by atoms with Crippen LogP contribution in [0.1, 0.15) is 27.0 Å². The van der Waals surface area contributed by atoms with Gasteiger partial charge in [0, 0.05) is 17.7 Å². The summed E-state index contributed by atoms with van der Waals surface area (Å²) in [5.74, 6) is 0.785. The Labute approximate surface area is 113 Å². The first-order valence-electron chi connectivity index (χ1n) is 6.14. The summed E-state index contributed by atoms with van der Waals surface area (Å²) in [5.41, 5.74) is 8.81. The number of rotatable bonds is 4. The van der Waals surface area contributed by atoms with E-state index in [0.29, 0.717) is 17.7 Å². The van der Waals surface area contributed by atoms with Gasteiger partial charge in [-0.2, -0.15) is 0 Å². The highest BCUT2D eigenvalue weighted by atomic mass is 16.5. The van der Waals surface area contributed by atoms with Gasteiger partial charge in [0.05, 0.1) is 7.11 Å². The summed E-state index contributed by atoms with van der Waals surface area (Å²) in [5, 5.41) is 0. The van der Waals surface area contributed by atoms with Crippen LogP contribution in [0.25, 0.3) is 0 Å². The van der Waals surface area contributed by atoms with E-state index in [1.165, 1.54) is 0 Å². The fraction of sp³-hybridized carbons (Fsp3) is 0.188. The molecule has 0 amide bonds. The number of hydrogen-bond acceptors (Lipinski definition) is 3. The molecule has 0 aliphatic carbocycles. The third-order valence-corrected chi connectivity index (χ3v) is 3.08. The SMILES string of the molecule is COc1ccc(C(=O)c2cccc(CN)c2)cc1C. The lowest BCUT2D eigenvalue weighted by Gasteiger charge is -2.07. The summed E-state index contributed by atoms with van der Waals surface area (Å²) < 4.78 is 5.19. The first kappa shape index (κ1) is 13.3. The Balaban J connectivity index is 2.35. The predicted octanol–water partition coefficient (Wildman–Crippen LogP) is 2.69. The number of ether oxygens (including phenoxy) is 1. The Kier molecular flexibility index (Phi) is 3.97. The predicted molar refractivity (Wildman–Crippen MR) is 75.5 cm³/mol. The molecule has 98 valence electrons. The van der Waals surface area contributed by atoms with Crippen molar-refractivity contribution < 1.29 is 9.53 Å². The molecule has 0 saturated heterocycles. The number of carbonyl (C=O) groups is 1. The minimum absolute atomic E-state index is 0.000975. The topological polar surface area (TPSA) is 52.3 Å². The number of nitrogens with two attached hydrogens (primary N) is 1. The molecule has 2 aromatic carbocycles. The molecule has 2 aromatic rings. The number of methoxy groups -OCH3 is 1. The van der Waals surface area contributed by atoms with Crippen molar-refractivity contribution in [2.24, 2.45) is 5.73 Å². The molecule has 2 rings (SSSR count). The van der Waals surface area contributed by atoms with Crippen molar-refractivity contribution in [3.05, 3.63) is 64.7 Å². The number of carbonyl (C=O) groups excluding carboxylic acids is 1. The quantitative estimate of drug-likeness (QED) is 0.855. The van der Waals surface area contributed by atoms with Gasteiger partial charge in [0.2, 0.25) is 0 Å². The van der Waals surface area contributed by atoms with Crippen molar-refractivity contribution in [1.29, 1.82) is 0 Å². The molecule has 3 nitrogen and oxygen atoms in total. The minimum atomic E-state index is 0.000975. The van der Waals surface area contributed by atoms with E-state index in [4.69, 9.17) is 10.5 Å². The Morgan fingerprint density at radius 1 is 1.16 bits per heavy atom. The van der Waals surface area contributed by atoms with Gasteiger partial charge in [0.25, 0.3) is 0 Å². The second-order valence-corrected chi connectivity index (χ2v) is 4.42. The molecule has 0 aliphatic rings. The van der Waals surface area contributed by atoms with E-state index >= 15 is 0 Å². The van der Waals surface area contributed by atoms with Gasteiger partial charge in [-0.15, -0.1) is 0 Å². The standard InChI is InChI=1S/C16H17NO2/c1-11-8-14(6-7-15(11)19-2)16(18)13-5-3-4-12(9-13)10-17/h3-9H,10,17H2,1-2H3. The molecule has 0 spiro atoms. The largest absolute Gasteiger partial charge is 0.496 e. The number of ketones is 1. The van der Waals surface area contributed by atoms with Crippen molar-refractivity contribution in [2.45, 2.75) is 13.5 Å². The van der Waals surface area contributed by atoms with E-state index in [-0.39, 0.29) is 5.78 Å². The van der Waals surface area contributed by atoms with E-state index in [0.717, 1.165) is 16.9 Å². The van der Waals surface area contributed by atoms with Gasteiger partial charge in [-0.05, 0) is 42.3 Å². The molecule has 0 bridgehead atoms. The molecule has 0 fully saturated rings. The normalized spacial score (nSPS) is 10.3. The fourth-order valence-corrected chi connectivity index (χ4v) is 2.03. The van der Waals surface area contributed by atoms with E-state index < -0.39 is 0 Å². The van der Waals surface area contributed by atoms with E-state index in [2.05, 4.69) is 0 Å². The van der Waals surface area contributed by atoms with Crippen LogP contribution in [0.5, 0.6) is 5.75 Å². The lowest BCUT2D eigenvalue weighted by atomic mass is 10.00. The first-order valence-corrected chi connectivity index (χ1v) is 6.14. The molecule has 0 unspecified atom stereocenters. The molecule has 0 radical (unpaired) electrons. The molecular weight excluding hydrogens is 238 g/mol. The monoisotopic (exact) mass is 255 g/mol. The van der Waals surface area contributed by atoms with Gasteiger partial charge < -0.3 is 10.5 Å². The fourth-order valence-electron chi connectivity index (χ4n) is 2.03. The van der Waals surface area contributed by atoms with Gasteiger partial charge in [-0.25, -0.2) is 0 Å². The molecule has 0 saturated carbocycles. The average molecular weight is 255 g/mol. The molecule has 0 aliphatic heterocycles. The first-order chi connectivity index (χ1) is 9.15. The highest BCUT2D eigenvalue weighted by molar-refractivity contribution is 6.09. The summed E-state index contributed by atoms with van der Waals surface area (Å²) in [6, 6.07) is 12.8. The number of hydrogen-bond donors (Lipinski definition) is 1. The van der Waals surface area contributed by atoms with Crippen LogP contribution in [0.15, 0.2) is 42.5 Å². The highest BCUT2D eigenvalue weighted by Gasteiger charge is 2.11. The highest BCUT2D eigenvalue weighted by Crippen LogP contribution is 2.20. The van der Waals surface area contributed by atoms with Crippen LogP contribution in [0.4, 0.5) is 0 Å². The minimum Gasteiger partial charge on any atom is -0.496 e. The molecule has 3 heteroatoms. The van der Waals surface area contributed by atoms with Crippen LogP contribution >= 0.6 is 0 Å². The van der Waals surface area contributed by atoms with E-state index in [1.807, 2.05) is 37.3 Å². The van der Waals surface area contributed by atoms with Gasteiger partial charge in [-0.3, -0.25) is 4.79 Å². The van der Waals surface area contributed by atoms with Gasteiger partial charge in [0.1, 0.15) is 5.75 Å². The maximum absolute atomic E-state index is 12.4. The zero-order chi connectivity index (χ0) is 13.8. The van der Waals surface area contributed by atoms with Crippen LogP contribution in [-0.2, 0) is 6.54 Å². The molecule has 0 heterocycles. The Hall–Kier alpha value is -2.13. The van der Waals surface area contributed by atoms with Gasteiger partial charge in [-0.1, -0.05) is 18.2 Å². The summed E-state index contributed by atoms with van der Waals surface area (Å²) in [6.45, 7) is 2.36. The molecular formula is C16H17NO2. The summed E-state index contributed by atoms with van der Waals surface area (Å²) >= 11 is 0. The number of benzene rings is 2. The van der Waals surface area contributed by atoms with Crippen LogP contribution in [0.3, 0.4) is 0 Å². The average Bonchev–Trinajstić information content (AvgIpc) is 2.46. The van der Waals surface area contributed by atoms with Gasteiger partial charge >= 0.3 is 0 Å². The van der Waals surface area contributed by atoms with E-state index in [9.17, 15) is 4.79 Å². The maximum atomic E-state index is 12.4. The maximum Gasteiger partial charge on any atom is 0.193 e. The second-order valence-electron chi connectivity index (χ2n) is 4.42. The molecule has 0 atom stereocenters. The smallest absolute Gasteiger partial charge is 0.193 e. The Bertz CT molecular complexity index is 605. The van der Waals surface area contributed by atoms with Gasteiger partial charge in [0.15, 0.2) is 5.78 Å². The third kappa shape index (κ3) is 2.83. The Morgan fingerprint density at radius 3 is 2.53 bits per heavy atom. The van der Waals surface area contributed by atoms with Crippen molar-refractivity contribution in [1.82, 2.24) is 0 Å². The van der Waals surface area contributed by atoms with Crippen LogP contribution in [-0.4, -0.2) is 12.9 Å². The van der Waals surface area contributed by atoms with Crippen molar-refractivity contribution in [3.63, 3.8) is 0 Å². The van der Waals surface area contributed by atoms with Crippen molar-refractivity contribution in [2.75, 3.05) is 7.11 Å². The summed E-state index contributed by atoms with van der Waals surface area (Å²) in [7, 11) is 1.62. The number of aryl methyl sites for hydroxylation is 1. The summed E-state index contributed by atoms with van der Waals surface area (Å²) in [4.78, 5) is 12.4. The van der Waals surface area contributed by atoms with Crippen LogP contribution < -0.4 is 10.5 Å². The second kappa shape index (κ2) is 5.67. The lowest BCUT2D eigenvalue weighted by molar-refractivity contribution is 0.103. The van der Waals surface area contributed by atoms with Crippen molar-refractivity contribution in [3.8, 4) is 5.75 Å². The van der Waals surface area contributed by atoms with E-state index in [1.54, 1.807) is 19.2 Å². The zero-order valence-corrected chi connectivity index (χ0v) is 11.1. The van der Waals surface area contributed by atoms with Crippen molar-refractivity contribution >= 4 is 5.78 Å².